The van der Waals surface area contributed by atoms with Gasteiger partial charge in [-0.25, -0.2) is 4.79 Å². The first-order chi connectivity index (χ1) is 13.2. The van der Waals surface area contributed by atoms with Gasteiger partial charge in [-0.2, -0.15) is 5.26 Å². The minimum absolute atomic E-state index is 0.0951. The molecule has 1 amide bonds. The Morgan fingerprint density at radius 3 is 2.68 bits per heavy atom. The van der Waals surface area contributed by atoms with Crippen molar-refractivity contribution in [1.82, 2.24) is 9.80 Å². The van der Waals surface area contributed by atoms with Crippen LogP contribution in [0.3, 0.4) is 0 Å². The highest BCUT2D eigenvalue weighted by Gasteiger charge is 2.37. The van der Waals surface area contributed by atoms with Crippen LogP contribution >= 0.6 is 0 Å². The van der Waals surface area contributed by atoms with E-state index in [1.54, 1.807) is 12.0 Å². The summed E-state index contributed by atoms with van der Waals surface area (Å²) in [5.74, 6) is 0.586. The monoisotopic (exact) mass is 387 g/mol. The number of carbonyl (C=O) groups is 1. The lowest BCUT2D eigenvalue weighted by atomic mass is 9.96. The lowest BCUT2D eigenvalue weighted by Crippen LogP contribution is -2.60. The van der Waals surface area contributed by atoms with Crippen LogP contribution in [0.4, 0.5) is 4.79 Å². The zero-order valence-electron chi connectivity index (χ0n) is 17.3. The molecule has 152 valence electrons. The molecule has 0 aromatic heterocycles. The predicted octanol–water partition coefficient (Wildman–Crippen LogP) is 2.87. The molecule has 2 fully saturated rings. The number of morpholine rings is 1. The molecule has 7 nitrogen and oxygen atoms in total. The van der Waals surface area contributed by atoms with E-state index in [0.717, 1.165) is 24.2 Å². The van der Waals surface area contributed by atoms with Gasteiger partial charge < -0.3 is 19.1 Å². The van der Waals surface area contributed by atoms with Crippen molar-refractivity contribution in [1.29, 1.82) is 5.26 Å². The van der Waals surface area contributed by atoms with Crippen molar-refractivity contribution < 1.29 is 19.0 Å². The van der Waals surface area contributed by atoms with Crippen LogP contribution in [0, 0.1) is 18.3 Å². The number of hydrogen-bond donors (Lipinski definition) is 0. The van der Waals surface area contributed by atoms with Gasteiger partial charge in [0, 0.05) is 26.2 Å². The minimum Gasteiger partial charge on any atom is -0.495 e. The average molecular weight is 387 g/mol. The van der Waals surface area contributed by atoms with Crippen LogP contribution in [0.25, 0.3) is 0 Å². The zero-order valence-corrected chi connectivity index (χ0v) is 17.3. The SMILES string of the molecule is COc1ccc([C@@H]2CN3CCN(C(=O)OC(C)(C)C)C[C@H]3CO2)c(C)c1C#N. The number of piperazine rings is 1. The van der Waals surface area contributed by atoms with E-state index < -0.39 is 5.60 Å². The molecule has 1 aromatic carbocycles. The van der Waals surface area contributed by atoms with E-state index in [-0.39, 0.29) is 18.2 Å². The minimum atomic E-state index is -0.493. The van der Waals surface area contributed by atoms with Crippen molar-refractivity contribution in [3.63, 3.8) is 0 Å². The summed E-state index contributed by atoms with van der Waals surface area (Å²) < 4.78 is 16.9. The molecule has 3 rings (SSSR count). The third kappa shape index (κ3) is 4.23. The van der Waals surface area contributed by atoms with E-state index in [1.807, 2.05) is 39.8 Å². The fourth-order valence-electron chi connectivity index (χ4n) is 3.83. The number of ether oxygens (including phenoxy) is 3. The second-order valence-electron chi connectivity index (χ2n) is 8.37. The number of fused-ring (bicyclic) bond motifs is 1. The maximum absolute atomic E-state index is 12.4. The lowest BCUT2D eigenvalue weighted by Gasteiger charge is -2.46. The Labute approximate surface area is 166 Å². The van der Waals surface area contributed by atoms with Gasteiger partial charge in [0.15, 0.2) is 0 Å². The van der Waals surface area contributed by atoms with Crippen molar-refractivity contribution in [3.8, 4) is 11.8 Å². The van der Waals surface area contributed by atoms with E-state index in [0.29, 0.717) is 31.0 Å². The van der Waals surface area contributed by atoms with Gasteiger partial charge in [-0.1, -0.05) is 6.07 Å². The first-order valence-electron chi connectivity index (χ1n) is 9.64. The molecule has 7 heteroatoms. The Balaban J connectivity index is 1.68. The molecule has 0 bridgehead atoms. The summed E-state index contributed by atoms with van der Waals surface area (Å²) in [6, 6.07) is 6.21. The number of amides is 1. The molecule has 2 heterocycles. The highest BCUT2D eigenvalue weighted by Crippen LogP contribution is 2.33. The van der Waals surface area contributed by atoms with E-state index in [1.165, 1.54) is 0 Å². The summed E-state index contributed by atoms with van der Waals surface area (Å²) in [6.07, 6.45) is -0.360. The molecular weight excluding hydrogens is 358 g/mol. The Morgan fingerprint density at radius 2 is 2.04 bits per heavy atom. The number of benzene rings is 1. The second-order valence-corrected chi connectivity index (χ2v) is 8.37. The molecule has 2 aliphatic rings. The summed E-state index contributed by atoms with van der Waals surface area (Å²) >= 11 is 0. The molecule has 1 aromatic rings. The summed E-state index contributed by atoms with van der Waals surface area (Å²) in [6.45, 7) is 10.9. The molecule has 2 atom stereocenters. The Bertz CT molecular complexity index is 781. The first kappa shape index (κ1) is 20.4. The Morgan fingerprint density at radius 1 is 1.29 bits per heavy atom. The van der Waals surface area contributed by atoms with Crippen LogP contribution in [0.1, 0.15) is 43.6 Å². The van der Waals surface area contributed by atoms with Gasteiger partial charge in [-0.15, -0.1) is 0 Å². The van der Waals surface area contributed by atoms with E-state index in [9.17, 15) is 10.1 Å². The van der Waals surface area contributed by atoms with Gasteiger partial charge in [0.05, 0.1) is 31.4 Å². The molecule has 0 aliphatic carbocycles. The van der Waals surface area contributed by atoms with E-state index in [4.69, 9.17) is 14.2 Å². The number of nitrogens with zero attached hydrogens (tertiary/aromatic N) is 3. The fourth-order valence-corrected chi connectivity index (χ4v) is 3.83. The lowest BCUT2D eigenvalue weighted by molar-refractivity contribution is -0.0908. The molecule has 0 N–H and O–H groups in total. The topological polar surface area (TPSA) is 75.0 Å². The van der Waals surface area contributed by atoms with Gasteiger partial charge in [-0.3, -0.25) is 4.90 Å². The first-order valence-corrected chi connectivity index (χ1v) is 9.64. The summed E-state index contributed by atoms with van der Waals surface area (Å²) in [4.78, 5) is 16.5. The van der Waals surface area contributed by atoms with Crippen LogP contribution in [-0.4, -0.2) is 67.4 Å². The zero-order chi connectivity index (χ0) is 20.5. The van der Waals surface area contributed by atoms with Crippen molar-refractivity contribution >= 4 is 6.09 Å². The second kappa shape index (κ2) is 7.98. The number of methoxy groups -OCH3 is 1. The number of carbonyl (C=O) groups excluding carboxylic acids is 1. The van der Waals surface area contributed by atoms with Crippen molar-refractivity contribution in [2.24, 2.45) is 0 Å². The third-order valence-electron chi connectivity index (χ3n) is 5.29. The molecule has 2 aliphatic heterocycles. The van der Waals surface area contributed by atoms with Crippen LogP contribution < -0.4 is 4.74 Å². The summed E-state index contributed by atoms with van der Waals surface area (Å²) in [5, 5.41) is 9.47. The third-order valence-corrected chi connectivity index (χ3v) is 5.29. The van der Waals surface area contributed by atoms with E-state index in [2.05, 4.69) is 11.0 Å². The van der Waals surface area contributed by atoms with Crippen molar-refractivity contribution in [2.75, 3.05) is 39.9 Å². The number of hydrogen-bond acceptors (Lipinski definition) is 6. The summed E-state index contributed by atoms with van der Waals surface area (Å²) in [5.41, 5.74) is 1.98. The highest BCUT2D eigenvalue weighted by molar-refractivity contribution is 5.68. The molecule has 2 saturated heterocycles. The summed E-state index contributed by atoms with van der Waals surface area (Å²) in [7, 11) is 1.57. The molecular formula is C21H29N3O4. The van der Waals surface area contributed by atoms with E-state index >= 15 is 0 Å². The van der Waals surface area contributed by atoms with Crippen LogP contribution in [0.5, 0.6) is 5.75 Å². The van der Waals surface area contributed by atoms with Gasteiger partial charge >= 0.3 is 6.09 Å². The van der Waals surface area contributed by atoms with Gasteiger partial charge in [0.25, 0.3) is 0 Å². The van der Waals surface area contributed by atoms with Crippen molar-refractivity contribution in [2.45, 2.75) is 45.4 Å². The predicted molar refractivity (Wildman–Crippen MR) is 104 cm³/mol. The Kier molecular flexibility index (Phi) is 5.82. The largest absolute Gasteiger partial charge is 0.495 e. The fraction of sp³-hybridized carbons (Fsp3) is 0.619. The maximum atomic E-state index is 12.4. The molecule has 28 heavy (non-hydrogen) atoms. The van der Waals surface area contributed by atoms with Crippen molar-refractivity contribution in [3.05, 3.63) is 28.8 Å². The van der Waals surface area contributed by atoms with Gasteiger partial charge in [0.2, 0.25) is 0 Å². The maximum Gasteiger partial charge on any atom is 0.410 e. The molecule has 0 saturated carbocycles. The van der Waals surface area contributed by atoms with Gasteiger partial charge in [0.1, 0.15) is 17.4 Å². The average Bonchev–Trinajstić information content (AvgIpc) is 2.65. The quantitative estimate of drug-likeness (QED) is 0.777. The smallest absolute Gasteiger partial charge is 0.410 e. The molecule has 0 unspecified atom stereocenters. The number of nitriles is 1. The molecule has 0 radical (unpaired) electrons. The van der Waals surface area contributed by atoms with Crippen LogP contribution in [-0.2, 0) is 9.47 Å². The molecule has 0 spiro atoms. The standard InChI is InChI=1S/C21H29N3O4/c1-14-16(6-7-18(26-5)17(14)10-22)19-12-23-8-9-24(11-15(23)13-27-19)20(25)28-21(2,3)4/h6-7,15,19H,8-9,11-13H2,1-5H3/t15-,19-/m0/s1. The van der Waals surface area contributed by atoms with Crippen LogP contribution in [0.2, 0.25) is 0 Å². The Hall–Kier alpha value is -2.30. The van der Waals surface area contributed by atoms with Crippen LogP contribution in [0.15, 0.2) is 12.1 Å². The van der Waals surface area contributed by atoms with Gasteiger partial charge in [-0.05, 0) is 44.9 Å². The normalized spacial score (nSPS) is 22.9. The highest BCUT2D eigenvalue weighted by atomic mass is 16.6. The number of rotatable bonds is 2.